The van der Waals surface area contributed by atoms with Crippen LogP contribution in [-0.2, 0) is 26.4 Å². The molecule has 0 aliphatic carbocycles. The molecular weight excluding hydrogens is 638 g/mol. The van der Waals surface area contributed by atoms with Gasteiger partial charge in [0.25, 0.3) is 0 Å². The van der Waals surface area contributed by atoms with Crippen molar-refractivity contribution < 1.29 is 44.3 Å². The summed E-state index contributed by atoms with van der Waals surface area (Å²) >= 11 is 0.935. The summed E-state index contributed by atoms with van der Waals surface area (Å²) in [6, 6.07) is 2.95. The first-order valence-electron chi connectivity index (χ1n) is 12.8. The van der Waals surface area contributed by atoms with E-state index in [1.54, 1.807) is 6.92 Å². The van der Waals surface area contributed by atoms with Crippen LogP contribution in [0.3, 0.4) is 0 Å². The number of nitrogens with zero attached hydrogens (tertiary/aromatic N) is 3. The van der Waals surface area contributed by atoms with Crippen LogP contribution >= 0.6 is 11.3 Å². The van der Waals surface area contributed by atoms with Gasteiger partial charge in [-0.15, -0.1) is 0 Å². The maximum absolute atomic E-state index is 13.6. The zero-order valence-electron chi connectivity index (χ0n) is 23.2. The second kappa shape index (κ2) is 11.6. The SMILES string of the molecule is Cc1nc(NC(=O)N2C[C@H](NS(=O)(=O)c3ccccc3C(F)(F)F)C[C@H]2C(N)=O)sc1-c1ccnc(C(C)(C)C(F)(F)F)c1. The Hall–Kier alpha value is -3.77. The highest BCUT2D eigenvalue weighted by molar-refractivity contribution is 7.89. The standard InChI is InChI=1S/C26H26F6N6O4S2/c1-13-20(14-8-9-34-19(10-14)24(2,3)26(30,31)32)43-22(35-13)36-23(40)38-12-15(11-17(38)21(33)39)37-44(41,42)18-7-5-4-6-16(18)25(27,28)29/h4-10,15,17,37H,11-12H2,1-3H3,(H2,33,39)(H,35,36,40)/t15-,17+/m1/s1. The number of halogens is 6. The molecule has 2 atom stereocenters. The Kier molecular flexibility index (Phi) is 8.75. The van der Waals surface area contributed by atoms with Gasteiger partial charge in [0.1, 0.15) is 11.5 Å². The van der Waals surface area contributed by atoms with E-state index in [1.807, 2.05) is 0 Å². The Bertz CT molecular complexity index is 1690. The zero-order chi connectivity index (χ0) is 32.8. The lowest BCUT2D eigenvalue weighted by atomic mass is 9.87. The van der Waals surface area contributed by atoms with Crippen LogP contribution in [0.25, 0.3) is 10.4 Å². The first-order chi connectivity index (χ1) is 20.2. The maximum atomic E-state index is 13.6. The Balaban J connectivity index is 1.53. The Morgan fingerprint density at radius 2 is 1.75 bits per heavy atom. The average Bonchev–Trinajstić information content (AvgIpc) is 3.50. The lowest BCUT2D eigenvalue weighted by Crippen LogP contribution is -2.46. The molecule has 3 amide bonds. The van der Waals surface area contributed by atoms with Crippen molar-refractivity contribution >= 4 is 38.4 Å². The van der Waals surface area contributed by atoms with Gasteiger partial charge in [-0.25, -0.2) is 22.9 Å². The normalized spacial score (nSPS) is 18.0. The number of thiazole rings is 1. The van der Waals surface area contributed by atoms with Crippen LogP contribution in [0.5, 0.6) is 0 Å². The minimum atomic E-state index is -4.96. The largest absolute Gasteiger partial charge is 0.417 e. The van der Waals surface area contributed by atoms with Gasteiger partial charge >= 0.3 is 18.4 Å². The molecule has 0 saturated carbocycles. The predicted octanol–water partition coefficient (Wildman–Crippen LogP) is 4.81. The van der Waals surface area contributed by atoms with E-state index >= 15 is 0 Å². The molecule has 0 radical (unpaired) electrons. The summed E-state index contributed by atoms with van der Waals surface area (Å²) < 4.78 is 109. The van der Waals surface area contributed by atoms with Gasteiger partial charge in [-0.05, 0) is 57.0 Å². The molecule has 18 heteroatoms. The molecule has 1 aliphatic heterocycles. The molecule has 0 unspecified atom stereocenters. The zero-order valence-corrected chi connectivity index (χ0v) is 24.9. The van der Waals surface area contributed by atoms with Gasteiger partial charge in [-0.2, -0.15) is 26.3 Å². The Morgan fingerprint density at radius 1 is 1.09 bits per heavy atom. The molecule has 0 spiro atoms. The van der Waals surface area contributed by atoms with Crippen LogP contribution in [0.15, 0.2) is 47.5 Å². The number of pyridine rings is 1. The van der Waals surface area contributed by atoms with E-state index < -0.39 is 68.8 Å². The van der Waals surface area contributed by atoms with Crippen molar-refractivity contribution in [1.82, 2.24) is 19.6 Å². The van der Waals surface area contributed by atoms with Crippen LogP contribution in [0.2, 0.25) is 0 Å². The Labute approximate surface area is 251 Å². The topological polar surface area (TPSA) is 147 Å². The molecule has 4 rings (SSSR count). The number of alkyl halides is 6. The number of aryl methyl sites for hydroxylation is 1. The molecule has 1 aliphatic rings. The van der Waals surface area contributed by atoms with Crippen LogP contribution in [0, 0.1) is 6.92 Å². The smallest absolute Gasteiger partial charge is 0.368 e. The van der Waals surface area contributed by atoms with E-state index in [0.717, 1.165) is 48.3 Å². The van der Waals surface area contributed by atoms with Gasteiger partial charge in [0.15, 0.2) is 5.13 Å². The van der Waals surface area contributed by atoms with Crippen LogP contribution < -0.4 is 15.8 Å². The van der Waals surface area contributed by atoms with Crippen molar-refractivity contribution in [3.8, 4) is 10.4 Å². The molecule has 0 bridgehead atoms. The van der Waals surface area contributed by atoms with E-state index in [-0.39, 0.29) is 17.2 Å². The highest BCUT2D eigenvalue weighted by atomic mass is 32.2. The van der Waals surface area contributed by atoms with E-state index in [9.17, 15) is 44.3 Å². The number of nitrogens with two attached hydrogens (primary N) is 1. The quantitative estimate of drug-likeness (QED) is 0.309. The number of benzene rings is 1. The summed E-state index contributed by atoms with van der Waals surface area (Å²) in [5.74, 6) is -0.981. The minimum Gasteiger partial charge on any atom is -0.368 e. The third-order valence-corrected chi connectivity index (χ3v) is 9.78. The number of anilines is 1. The number of urea groups is 1. The van der Waals surface area contributed by atoms with Gasteiger partial charge in [0.05, 0.1) is 26.7 Å². The number of carbonyl (C=O) groups excluding carboxylic acids is 2. The van der Waals surface area contributed by atoms with Gasteiger partial charge in [-0.1, -0.05) is 23.5 Å². The number of hydrogen-bond donors (Lipinski definition) is 3. The van der Waals surface area contributed by atoms with Crippen molar-refractivity contribution in [1.29, 1.82) is 0 Å². The van der Waals surface area contributed by atoms with Gasteiger partial charge in [-0.3, -0.25) is 15.1 Å². The number of likely N-dealkylation sites (tertiary alicyclic amines) is 1. The highest BCUT2D eigenvalue weighted by Gasteiger charge is 2.49. The van der Waals surface area contributed by atoms with Crippen molar-refractivity contribution in [3.05, 3.63) is 59.5 Å². The van der Waals surface area contributed by atoms with Gasteiger partial charge in [0, 0.05) is 18.8 Å². The second-order valence-corrected chi connectivity index (χ2v) is 13.2. The van der Waals surface area contributed by atoms with Crippen molar-refractivity contribution in [2.75, 3.05) is 11.9 Å². The number of nitrogens with one attached hydrogen (secondary N) is 2. The first kappa shape index (κ1) is 33.1. The summed E-state index contributed by atoms with van der Waals surface area (Å²) in [5, 5.41) is 2.49. The lowest BCUT2D eigenvalue weighted by Gasteiger charge is -2.27. The fourth-order valence-corrected chi connectivity index (χ4v) is 6.99. The molecule has 238 valence electrons. The van der Waals surface area contributed by atoms with Crippen molar-refractivity contribution in [2.45, 2.75) is 61.9 Å². The first-order valence-corrected chi connectivity index (χ1v) is 15.1. The van der Waals surface area contributed by atoms with Crippen LogP contribution in [-0.4, -0.2) is 60.0 Å². The fourth-order valence-electron chi connectivity index (χ4n) is 4.57. The van der Waals surface area contributed by atoms with E-state index in [0.29, 0.717) is 22.2 Å². The molecule has 1 fully saturated rings. The molecule has 2 aromatic heterocycles. The van der Waals surface area contributed by atoms with Gasteiger partial charge in [0.2, 0.25) is 15.9 Å². The maximum Gasteiger partial charge on any atom is 0.417 e. The Morgan fingerprint density at radius 3 is 2.36 bits per heavy atom. The second-order valence-electron chi connectivity index (χ2n) is 10.5. The molecule has 44 heavy (non-hydrogen) atoms. The van der Waals surface area contributed by atoms with Crippen molar-refractivity contribution in [3.63, 3.8) is 0 Å². The number of carbonyl (C=O) groups is 2. The lowest BCUT2D eigenvalue weighted by molar-refractivity contribution is -0.181. The summed E-state index contributed by atoms with van der Waals surface area (Å²) in [7, 11) is -4.74. The third kappa shape index (κ3) is 6.66. The molecular formula is C26H26F6N6O4S2. The van der Waals surface area contributed by atoms with Gasteiger partial charge < -0.3 is 10.6 Å². The third-order valence-electron chi connectivity index (χ3n) is 7.08. The van der Waals surface area contributed by atoms with Crippen molar-refractivity contribution in [2.24, 2.45) is 5.73 Å². The molecule has 3 heterocycles. The summed E-state index contributed by atoms with van der Waals surface area (Å²) in [6.45, 7) is 3.16. The van der Waals surface area contributed by atoms with Crippen LogP contribution in [0.4, 0.5) is 36.3 Å². The minimum absolute atomic E-state index is 0.0160. The average molecular weight is 665 g/mol. The monoisotopic (exact) mass is 664 g/mol. The number of aromatic nitrogens is 2. The summed E-state index contributed by atoms with van der Waals surface area (Å²) in [6.07, 6.45) is -8.61. The molecule has 10 nitrogen and oxygen atoms in total. The summed E-state index contributed by atoms with van der Waals surface area (Å²) in [4.78, 5) is 33.8. The van der Waals surface area contributed by atoms with E-state index in [2.05, 4.69) is 20.0 Å². The van der Waals surface area contributed by atoms with Crippen LogP contribution in [0.1, 0.15) is 37.2 Å². The number of primary amides is 1. The molecule has 1 saturated heterocycles. The number of sulfonamides is 1. The number of hydrogen-bond acceptors (Lipinski definition) is 7. The predicted molar refractivity (Wildman–Crippen MR) is 148 cm³/mol. The fraction of sp³-hybridized carbons (Fsp3) is 0.385. The molecule has 4 N–H and O–H groups in total. The van der Waals surface area contributed by atoms with E-state index in [4.69, 9.17) is 5.73 Å². The molecule has 1 aromatic carbocycles. The number of amides is 3. The van der Waals surface area contributed by atoms with E-state index in [1.165, 1.54) is 18.3 Å². The highest BCUT2D eigenvalue weighted by Crippen LogP contribution is 2.41. The molecule has 3 aromatic rings. The number of rotatable bonds is 7. The summed E-state index contributed by atoms with van der Waals surface area (Å²) in [5.41, 5.74) is 2.32.